The third kappa shape index (κ3) is 1.40. The number of amides is 1. The quantitative estimate of drug-likeness (QED) is 0.761. The summed E-state index contributed by atoms with van der Waals surface area (Å²) in [5.41, 5.74) is 0.377. The van der Waals surface area contributed by atoms with Gasteiger partial charge in [0.2, 0.25) is 5.91 Å². The Labute approximate surface area is 89.1 Å². The molecule has 1 aromatic rings. The average Bonchev–Trinajstić information content (AvgIpc) is 2.38. The van der Waals surface area contributed by atoms with E-state index in [1.807, 2.05) is 27.7 Å². The predicted octanol–water partition coefficient (Wildman–Crippen LogP) is 1.83. The molecule has 0 fully saturated rings. The molecule has 4 nitrogen and oxygen atoms in total. The summed E-state index contributed by atoms with van der Waals surface area (Å²) in [6.07, 6.45) is 1.76. The Hall–Kier alpha value is -1.45. The van der Waals surface area contributed by atoms with Crippen molar-refractivity contribution >= 4 is 11.7 Å². The average molecular weight is 205 g/mol. The second-order valence-corrected chi connectivity index (χ2v) is 4.72. The van der Waals surface area contributed by atoms with Crippen LogP contribution in [-0.2, 0) is 10.2 Å². The highest BCUT2D eigenvalue weighted by Gasteiger charge is 2.39. The highest BCUT2D eigenvalue weighted by Crippen LogP contribution is 2.35. The summed E-state index contributed by atoms with van der Waals surface area (Å²) >= 11 is 0. The van der Waals surface area contributed by atoms with E-state index in [1.54, 1.807) is 6.20 Å². The molecule has 2 heterocycles. The van der Waals surface area contributed by atoms with Gasteiger partial charge in [-0.3, -0.25) is 4.79 Å². The lowest BCUT2D eigenvalue weighted by Gasteiger charge is -2.14. The van der Waals surface area contributed by atoms with Crippen molar-refractivity contribution in [2.75, 3.05) is 5.32 Å². The number of fused-ring (bicyclic) bond motifs is 1. The maximum atomic E-state index is 11.7. The number of anilines is 1. The lowest BCUT2D eigenvalue weighted by molar-refractivity contribution is -0.119. The molecule has 0 atom stereocenters. The molecule has 80 valence electrons. The molecule has 0 aromatic carbocycles. The van der Waals surface area contributed by atoms with Crippen LogP contribution in [0.25, 0.3) is 0 Å². The smallest absolute Gasteiger partial charge is 0.235 e. The van der Waals surface area contributed by atoms with Crippen LogP contribution in [0, 0.1) is 0 Å². The van der Waals surface area contributed by atoms with Crippen molar-refractivity contribution in [2.24, 2.45) is 0 Å². The van der Waals surface area contributed by atoms with Crippen LogP contribution in [0.3, 0.4) is 0 Å². The fourth-order valence-corrected chi connectivity index (χ4v) is 1.61. The molecule has 1 amide bonds. The Balaban J connectivity index is 2.51. The van der Waals surface area contributed by atoms with Crippen molar-refractivity contribution in [1.29, 1.82) is 0 Å². The van der Waals surface area contributed by atoms with Crippen molar-refractivity contribution in [2.45, 2.75) is 39.0 Å². The van der Waals surface area contributed by atoms with Crippen LogP contribution < -0.4 is 5.32 Å². The summed E-state index contributed by atoms with van der Waals surface area (Å²) in [4.78, 5) is 20.3. The summed E-state index contributed by atoms with van der Waals surface area (Å²) in [5, 5.41) is 2.79. The monoisotopic (exact) mass is 205 g/mol. The van der Waals surface area contributed by atoms with E-state index < -0.39 is 5.41 Å². The van der Waals surface area contributed by atoms with Gasteiger partial charge >= 0.3 is 0 Å². The van der Waals surface area contributed by atoms with Gasteiger partial charge in [0, 0.05) is 17.7 Å². The first-order valence-corrected chi connectivity index (χ1v) is 5.12. The van der Waals surface area contributed by atoms with Crippen LogP contribution in [0.5, 0.6) is 0 Å². The van der Waals surface area contributed by atoms with Gasteiger partial charge in [-0.15, -0.1) is 0 Å². The Bertz CT molecular complexity index is 424. The zero-order chi connectivity index (χ0) is 11.2. The molecule has 0 bridgehead atoms. The van der Waals surface area contributed by atoms with Gasteiger partial charge in [0.15, 0.2) is 0 Å². The number of carbonyl (C=O) groups excluding carboxylic acids is 1. The van der Waals surface area contributed by atoms with Crippen LogP contribution in [0.2, 0.25) is 0 Å². The molecule has 4 heteroatoms. The summed E-state index contributed by atoms with van der Waals surface area (Å²) in [5.74, 6) is 1.71. The van der Waals surface area contributed by atoms with Crippen molar-refractivity contribution in [3.05, 3.63) is 17.6 Å². The fraction of sp³-hybridized carbons (Fsp3) is 0.545. The van der Waals surface area contributed by atoms with Crippen LogP contribution >= 0.6 is 0 Å². The minimum atomic E-state index is -0.509. The number of aromatic nitrogens is 2. The summed E-state index contributed by atoms with van der Waals surface area (Å²) in [6, 6.07) is 0. The number of nitrogens with one attached hydrogen (secondary N) is 1. The minimum absolute atomic E-state index is 0.00675. The number of nitrogens with zero attached hydrogens (tertiary/aromatic N) is 2. The molecule has 1 aliphatic heterocycles. The van der Waals surface area contributed by atoms with Gasteiger partial charge in [-0.25, -0.2) is 9.97 Å². The van der Waals surface area contributed by atoms with Crippen LogP contribution in [0.1, 0.15) is 45.0 Å². The lowest BCUT2D eigenvalue weighted by Crippen LogP contribution is -2.26. The van der Waals surface area contributed by atoms with Gasteiger partial charge in [-0.05, 0) is 13.8 Å². The highest BCUT2D eigenvalue weighted by atomic mass is 16.2. The molecule has 0 saturated carbocycles. The predicted molar refractivity (Wildman–Crippen MR) is 57.8 cm³/mol. The normalized spacial score (nSPS) is 17.8. The van der Waals surface area contributed by atoms with Crippen molar-refractivity contribution < 1.29 is 4.79 Å². The Morgan fingerprint density at radius 1 is 1.40 bits per heavy atom. The molecule has 1 N–H and O–H groups in total. The number of hydrogen-bond donors (Lipinski definition) is 1. The molecule has 0 aliphatic carbocycles. The molecule has 0 unspecified atom stereocenters. The summed E-state index contributed by atoms with van der Waals surface area (Å²) in [6.45, 7) is 7.83. The number of hydrogen-bond acceptors (Lipinski definition) is 3. The van der Waals surface area contributed by atoms with Gasteiger partial charge in [0.05, 0.1) is 5.41 Å². The topological polar surface area (TPSA) is 54.9 Å². The molecule has 1 aliphatic rings. The zero-order valence-corrected chi connectivity index (χ0v) is 9.46. The molecule has 15 heavy (non-hydrogen) atoms. The molecular formula is C11H15N3O. The molecule has 1 aromatic heterocycles. The molecule has 0 saturated heterocycles. The third-order valence-corrected chi connectivity index (χ3v) is 2.80. The van der Waals surface area contributed by atoms with Crippen molar-refractivity contribution in [3.8, 4) is 0 Å². The standard InChI is InChI=1S/C11H15N3O/c1-6(2)8-12-5-7-9(13-8)14-10(15)11(7,3)4/h5-6H,1-4H3,(H,12,13,14,15). The van der Waals surface area contributed by atoms with Crippen molar-refractivity contribution in [1.82, 2.24) is 9.97 Å². The Kier molecular flexibility index (Phi) is 2.03. The second-order valence-electron chi connectivity index (χ2n) is 4.72. The summed E-state index contributed by atoms with van der Waals surface area (Å²) in [7, 11) is 0. The van der Waals surface area contributed by atoms with E-state index in [1.165, 1.54) is 0 Å². The first-order valence-electron chi connectivity index (χ1n) is 5.12. The highest BCUT2D eigenvalue weighted by molar-refractivity contribution is 6.04. The van der Waals surface area contributed by atoms with Gasteiger partial charge in [0.1, 0.15) is 11.6 Å². The van der Waals surface area contributed by atoms with Gasteiger partial charge in [-0.2, -0.15) is 0 Å². The van der Waals surface area contributed by atoms with E-state index in [0.717, 1.165) is 11.4 Å². The SMILES string of the molecule is CC(C)c1ncc2c(n1)NC(=O)C2(C)C. The molecule has 0 radical (unpaired) electrons. The van der Waals surface area contributed by atoms with Gasteiger partial charge in [-0.1, -0.05) is 13.8 Å². The second kappa shape index (κ2) is 3.02. The maximum Gasteiger partial charge on any atom is 0.235 e. The van der Waals surface area contributed by atoms with E-state index in [9.17, 15) is 4.79 Å². The Morgan fingerprint density at radius 3 is 2.67 bits per heavy atom. The maximum absolute atomic E-state index is 11.7. The largest absolute Gasteiger partial charge is 0.310 e. The molecule has 2 rings (SSSR count). The van der Waals surface area contributed by atoms with Crippen LogP contribution in [-0.4, -0.2) is 15.9 Å². The van der Waals surface area contributed by atoms with E-state index in [4.69, 9.17) is 0 Å². The summed E-state index contributed by atoms with van der Waals surface area (Å²) < 4.78 is 0. The zero-order valence-electron chi connectivity index (χ0n) is 9.46. The minimum Gasteiger partial charge on any atom is -0.310 e. The van der Waals surface area contributed by atoms with Crippen molar-refractivity contribution in [3.63, 3.8) is 0 Å². The van der Waals surface area contributed by atoms with E-state index in [2.05, 4.69) is 15.3 Å². The van der Waals surface area contributed by atoms with Gasteiger partial charge < -0.3 is 5.32 Å². The van der Waals surface area contributed by atoms with Crippen LogP contribution in [0.4, 0.5) is 5.82 Å². The first-order chi connectivity index (χ1) is 6.93. The third-order valence-electron chi connectivity index (χ3n) is 2.80. The van der Waals surface area contributed by atoms with E-state index >= 15 is 0 Å². The molecular weight excluding hydrogens is 190 g/mol. The number of carbonyl (C=O) groups is 1. The lowest BCUT2D eigenvalue weighted by atomic mass is 9.88. The number of rotatable bonds is 1. The first kappa shape index (κ1) is 10.1. The van der Waals surface area contributed by atoms with Gasteiger partial charge in [0.25, 0.3) is 0 Å². The molecule has 0 spiro atoms. The Morgan fingerprint density at radius 2 is 2.07 bits per heavy atom. The van der Waals surface area contributed by atoms with E-state index in [0.29, 0.717) is 5.82 Å². The van der Waals surface area contributed by atoms with E-state index in [-0.39, 0.29) is 11.8 Å². The fourth-order valence-electron chi connectivity index (χ4n) is 1.61. The van der Waals surface area contributed by atoms with Crippen LogP contribution in [0.15, 0.2) is 6.20 Å².